The van der Waals surface area contributed by atoms with Crippen LogP contribution in [0.25, 0.3) is 0 Å². The first-order chi connectivity index (χ1) is 13.4. The highest BCUT2D eigenvalue weighted by atomic mass is 32.2. The van der Waals surface area contributed by atoms with Crippen molar-refractivity contribution in [3.05, 3.63) is 34.9 Å². The summed E-state index contributed by atoms with van der Waals surface area (Å²) < 4.78 is 0.729. The summed E-state index contributed by atoms with van der Waals surface area (Å²) in [5, 5.41) is 20.7. The molecule has 1 heterocycles. The van der Waals surface area contributed by atoms with Gasteiger partial charge in [-0.25, -0.2) is 9.78 Å². The molecule has 3 atom stereocenters. The molecule has 0 bridgehead atoms. The first kappa shape index (κ1) is 22.8. The van der Waals surface area contributed by atoms with E-state index in [1.54, 1.807) is 5.38 Å². The molecule has 1 aliphatic carbocycles. The molecule has 0 radical (unpaired) electrons. The highest BCUT2D eigenvalue weighted by Crippen LogP contribution is 2.35. The van der Waals surface area contributed by atoms with Crippen LogP contribution in [0.5, 0.6) is 0 Å². The Hall–Kier alpha value is -1.44. The van der Waals surface area contributed by atoms with Crippen molar-refractivity contribution in [3.8, 4) is 0 Å². The van der Waals surface area contributed by atoms with Crippen LogP contribution in [0.1, 0.15) is 62.9 Å². The number of rotatable bonds is 11. The zero-order chi connectivity index (χ0) is 20.5. The summed E-state index contributed by atoms with van der Waals surface area (Å²) in [5.74, 6) is 0.276. The number of unbranched alkanes of at least 4 members (excludes halogenated alkanes) is 1. The van der Waals surface area contributed by atoms with Crippen LogP contribution in [-0.2, 0) is 4.79 Å². The number of hydrogen-bond donors (Lipinski definition) is 2. The lowest BCUT2D eigenvalue weighted by molar-refractivity contribution is -0.121. The Balaban J connectivity index is 1.82. The number of carbonyl (C=O) groups excluding carboxylic acids is 1. The summed E-state index contributed by atoms with van der Waals surface area (Å²) in [6.45, 7) is 4.08. The Labute approximate surface area is 175 Å². The number of carbonyl (C=O) groups is 2. The van der Waals surface area contributed by atoms with Crippen LogP contribution in [-0.4, -0.2) is 38.8 Å². The maximum Gasteiger partial charge on any atom is 0.355 e. The van der Waals surface area contributed by atoms with Gasteiger partial charge in [0.15, 0.2) is 10.0 Å². The van der Waals surface area contributed by atoms with Crippen LogP contribution in [0, 0.1) is 11.8 Å². The molecule has 2 N–H and O–H groups in total. The van der Waals surface area contributed by atoms with Gasteiger partial charge in [0.1, 0.15) is 5.78 Å². The molecule has 28 heavy (non-hydrogen) atoms. The number of aliphatic hydroxyl groups is 1. The number of thioether (sulfide) groups is 1. The average molecular weight is 424 g/mol. The normalized spacial score (nSPS) is 21.5. The Morgan fingerprint density at radius 3 is 2.96 bits per heavy atom. The number of allylic oxidation sites excluding steroid dienone is 2. The maximum absolute atomic E-state index is 12.3. The fourth-order valence-corrected chi connectivity index (χ4v) is 5.20. The van der Waals surface area contributed by atoms with E-state index in [1.165, 1.54) is 23.1 Å². The standard InChI is InChI=1S/C21H29NO4S2/c1-3-4-6-14(2)18(23)8-5-7-15-9-10-19(24)16(15)11-12-27-21-22-17(13-28-21)20(25)26/h5-7,13,15-16,18,23H,3-4,8-12H2,1-2H3,(H,25,26). The van der Waals surface area contributed by atoms with E-state index in [0.29, 0.717) is 18.6 Å². The van der Waals surface area contributed by atoms with Gasteiger partial charge >= 0.3 is 5.97 Å². The highest BCUT2D eigenvalue weighted by molar-refractivity contribution is 8.01. The van der Waals surface area contributed by atoms with E-state index >= 15 is 0 Å². The number of ketones is 1. The molecule has 3 unspecified atom stereocenters. The van der Waals surface area contributed by atoms with Crippen LogP contribution in [0.2, 0.25) is 0 Å². The molecule has 7 heteroatoms. The second-order valence-corrected chi connectivity index (χ2v) is 9.33. The van der Waals surface area contributed by atoms with Crippen molar-refractivity contribution in [3.63, 3.8) is 0 Å². The Kier molecular flexibility index (Phi) is 9.41. The molecule has 1 fully saturated rings. The number of aromatic nitrogens is 1. The minimum absolute atomic E-state index is 0.0107. The molecular weight excluding hydrogens is 394 g/mol. The quantitative estimate of drug-likeness (QED) is 0.386. The second-order valence-electron chi connectivity index (χ2n) is 7.13. The van der Waals surface area contributed by atoms with Gasteiger partial charge < -0.3 is 10.2 Å². The van der Waals surface area contributed by atoms with E-state index in [0.717, 1.165) is 41.3 Å². The maximum atomic E-state index is 12.3. The van der Waals surface area contributed by atoms with Gasteiger partial charge in [0.2, 0.25) is 0 Å². The number of Topliss-reactive ketones (excluding diaryl/α,β-unsaturated/α-hetero) is 1. The van der Waals surface area contributed by atoms with E-state index in [-0.39, 0.29) is 17.5 Å². The molecular formula is C21H29NO4S2. The Bertz CT molecular complexity index is 726. The van der Waals surface area contributed by atoms with Gasteiger partial charge in [0, 0.05) is 23.5 Å². The van der Waals surface area contributed by atoms with Crippen LogP contribution >= 0.6 is 23.1 Å². The van der Waals surface area contributed by atoms with Crippen molar-refractivity contribution in [2.75, 3.05) is 5.75 Å². The molecule has 0 aromatic carbocycles. The van der Waals surface area contributed by atoms with Crippen LogP contribution < -0.4 is 0 Å². The minimum atomic E-state index is -1.01. The van der Waals surface area contributed by atoms with Crippen molar-refractivity contribution < 1.29 is 19.8 Å². The molecule has 1 saturated carbocycles. The molecule has 1 aromatic rings. The van der Waals surface area contributed by atoms with Crippen molar-refractivity contribution in [1.82, 2.24) is 4.98 Å². The summed E-state index contributed by atoms with van der Waals surface area (Å²) >= 11 is 2.84. The summed E-state index contributed by atoms with van der Waals surface area (Å²) in [5.41, 5.74) is 1.08. The molecule has 0 saturated heterocycles. The number of nitrogens with zero attached hydrogens (tertiary/aromatic N) is 1. The molecule has 0 spiro atoms. The third-order valence-electron chi connectivity index (χ3n) is 5.03. The number of aliphatic hydroxyl groups excluding tert-OH is 1. The SMILES string of the molecule is CCCC=C(C)C(O)CC=CC1CCC(=O)C1CCSc1nc(C(=O)O)cs1. The van der Waals surface area contributed by atoms with Gasteiger partial charge in [0.05, 0.1) is 6.10 Å². The van der Waals surface area contributed by atoms with Crippen molar-refractivity contribution in [2.24, 2.45) is 11.8 Å². The lowest BCUT2D eigenvalue weighted by Gasteiger charge is -2.15. The van der Waals surface area contributed by atoms with E-state index in [9.17, 15) is 14.7 Å². The minimum Gasteiger partial charge on any atom is -0.476 e. The third kappa shape index (κ3) is 6.87. The van der Waals surface area contributed by atoms with Gasteiger partial charge in [-0.1, -0.05) is 43.3 Å². The topological polar surface area (TPSA) is 87.5 Å². The molecule has 0 amide bonds. The van der Waals surface area contributed by atoms with E-state index in [2.05, 4.69) is 24.1 Å². The number of carboxylic acid groups (broad SMARTS) is 1. The van der Waals surface area contributed by atoms with Crippen LogP contribution in [0.4, 0.5) is 0 Å². The molecule has 0 aliphatic heterocycles. The summed E-state index contributed by atoms with van der Waals surface area (Å²) in [6, 6.07) is 0. The molecule has 2 rings (SSSR count). The zero-order valence-electron chi connectivity index (χ0n) is 16.5. The summed E-state index contributed by atoms with van der Waals surface area (Å²) in [6.07, 6.45) is 10.6. The fraction of sp³-hybridized carbons (Fsp3) is 0.571. The third-order valence-corrected chi connectivity index (χ3v) is 7.09. The van der Waals surface area contributed by atoms with Gasteiger partial charge in [-0.2, -0.15) is 0 Å². The van der Waals surface area contributed by atoms with Gasteiger partial charge in [-0.3, -0.25) is 4.79 Å². The van der Waals surface area contributed by atoms with Gasteiger partial charge in [-0.05, 0) is 44.1 Å². The average Bonchev–Trinajstić information content (AvgIpc) is 3.28. The summed E-state index contributed by atoms with van der Waals surface area (Å²) in [7, 11) is 0. The fourth-order valence-electron chi connectivity index (χ4n) is 3.31. The molecule has 5 nitrogen and oxygen atoms in total. The molecule has 1 aromatic heterocycles. The lowest BCUT2D eigenvalue weighted by atomic mass is 9.92. The number of aromatic carboxylic acids is 1. The van der Waals surface area contributed by atoms with Gasteiger partial charge in [0.25, 0.3) is 0 Å². The summed E-state index contributed by atoms with van der Waals surface area (Å²) in [4.78, 5) is 27.2. The highest BCUT2D eigenvalue weighted by Gasteiger charge is 2.32. The predicted molar refractivity (Wildman–Crippen MR) is 114 cm³/mol. The largest absolute Gasteiger partial charge is 0.476 e. The van der Waals surface area contributed by atoms with Crippen molar-refractivity contribution in [2.45, 2.75) is 62.8 Å². The Morgan fingerprint density at radius 2 is 2.29 bits per heavy atom. The molecule has 1 aliphatic rings. The smallest absolute Gasteiger partial charge is 0.355 e. The van der Waals surface area contributed by atoms with Crippen molar-refractivity contribution >= 4 is 34.9 Å². The first-order valence-electron chi connectivity index (χ1n) is 9.78. The number of carboxylic acids is 1. The van der Waals surface area contributed by atoms with Gasteiger partial charge in [-0.15, -0.1) is 11.3 Å². The molecule has 154 valence electrons. The second kappa shape index (κ2) is 11.5. The van der Waals surface area contributed by atoms with E-state index in [4.69, 9.17) is 5.11 Å². The predicted octanol–water partition coefficient (Wildman–Crippen LogP) is 4.97. The monoisotopic (exact) mass is 423 g/mol. The lowest BCUT2D eigenvalue weighted by Crippen LogP contribution is -2.14. The number of thiazole rings is 1. The number of hydrogen-bond acceptors (Lipinski definition) is 6. The van der Waals surface area contributed by atoms with Crippen molar-refractivity contribution in [1.29, 1.82) is 0 Å². The Morgan fingerprint density at radius 1 is 1.50 bits per heavy atom. The van der Waals surface area contributed by atoms with Crippen LogP contribution in [0.3, 0.4) is 0 Å². The van der Waals surface area contributed by atoms with Crippen LogP contribution in [0.15, 0.2) is 33.5 Å². The van der Waals surface area contributed by atoms with E-state index in [1.807, 2.05) is 13.0 Å². The first-order valence-corrected chi connectivity index (χ1v) is 11.6. The zero-order valence-corrected chi connectivity index (χ0v) is 18.1. The van der Waals surface area contributed by atoms with E-state index < -0.39 is 12.1 Å².